The van der Waals surface area contributed by atoms with Crippen molar-refractivity contribution < 1.29 is 62.0 Å². The van der Waals surface area contributed by atoms with E-state index in [1.54, 1.807) is 12.1 Å². The summed E-state index contributed by atoms with van der Waals surface area (Å²) in [5, 5.41) is 15.4. The molecule has 0 fully saturated rings. The minimum Gasteiger partial charge on any atom is -1.00 e. The molecule has 0 amide bonds. The van der Waals surface area contributed by atoms with Gasteiger partial charge in [-0.3, -0.25) is 0 Å². The predicted molar refractivity (Wildman–Crippen MR) is 22.6 cm³/mol. The molecule has 8 heavy (non-hydrogen) atoms. The fraction of sp³-hybridized carbons (Fsp3) is 0. The zero-order chi connectivity index (χ0) is 4.83. The van der Waals surface area contributed by atoms with Gasteiger partial charge < -0.3 is 2.85 Å². The topological polar surface area (TPSA) is 47.6 Å². The molecule has 0 saturated heterocycles. The van der Waals surface area contributed by atoms with E-state index in [-0.39, 0.29) is 62.0 Å². The summed E-state index contributed by atoms with van der Waals surface area (Å²) in [6.45, 7) is 0. The van der Waals surface area contributed by atoms with E-state index in [2.05, 4.69) is 0 Å². The zero-order valence-corrected chi connectivity index (χ0v) is 9.05. The van der Waals surface area contributed by atoms with Gasteiger partial charge in [0.2, 0.25) is 0 Å². The van der Waals surface area contributed by atoms with Gasteiger partial charge in [0.05, 0.1) is 12.1 Å². The molecule has 4 heteroatoms. The van der Waals surface area contributed by atoms with Crippen LogP contribution >= 0.6 is 0 Å². The second kappa shape index (κ2) is 15.6. The van der Waals surface area contributed by atoms with Gasteiger partial charge in [-0.05, 0) is 0 Å². The van der Waals surface area contributed by atoms with Crippen molar-refractivity contribution in [2.45, 2.75) is 0 Å². The third-order valence-electron chi connectivity index (χ3n) is 0.232. The van der Waals surface area contributed by atoms with Gasteiger partial charge in [0.15, 0.2) is 0 Å². The van der Waals surface area contributed by atoms with Gasteiger partial charge >= 0.3 is 59.1 Å². The third-order valence-corrected chi connectivity index (χ3v) is 0.232. The van der Waals surface area contributed by atoms with Crippen LogP contribution < -0.4 is 59.1 Å². The average Bonchev–Trinajstić information content (AvgIpc) is 1.61. The van der Waals surface area contributed by atoms with Gasteiger partial charge in [-0.25, -0.2) is 0 Å². The van der Waals surface area contributed by atoms with E-state index in [1.165, 1.54) is 0 Å². The molecule has 0 unspecified atom stereocenters. The number of hydrogen-bond acceptors (Lipinski definition) is 2. The van der Waals surface area contributed by atoms with Crippen molar-refractivity contribution in [3.05, 3.63) is 12.2 Å². The minimum atomic E-state index is 0. The fourth-order valence-corrected chi connectivity index (χ4v) is 0.0745. The Labute approximate surface area is 95.7 Å². The molecule has 0 rings (SSSR count). The van der Waals surface area contributed by atoms with Crippen LogP contribution in [0.25, 0.3) is 0 Å². The largest absolute Gasteiger partial charge is 1.00 e. The van der Waals surface area contributed by atoms with E-state index < -0.39 is 0 Å². The Morgan fingerprint density at radius 3 is 1.38 bits per heavy atom. The molecule has 0 aromatic heterocycles. The van der Waals surface area contributed by atoms with E-state index in [9.17, 15) is 0 Å². The van der Waals surface area contributed by atoms with Crippen molar-refractivity contribution >= 4 is 0 Å². The van der Waals surface area contributed by atoms with Gasteiger partial charge in [-0.1, -0.05) is 0 Å². The molecular weight excluding hydrogens is 122 g/mol. The molecule has 0 aliphatic carbocycles. The maximum Gasteiger partial charge on any atom is 1.00 e. The second-order valence-electron chi connectivity index (χ2n) is 0.592. The van der Waals surface area contributed by atoms with Gasteiger partial charge in [-0.2, -0.15) is 10.5 Å². The smallest absolute Gasteiger partial charge is 1.00 e. The fourth-order valence-electron chi connectivity index (χ4n) is 0.0745. The first-order valence-corrected chi connectivity index (χ1v) is 1.36. The first-order chi connectivity index (χ1) is 2.91. The molecule has 32 valence electrons. The van der Waals surface area contributed by atoms with Crippen LogP contribution in [0.2, 0.25) is 0 Å². The predicted octanol–water partition coefficient (Wildman–Crippen LogP) is -5.18. The summed E-state index contributed by atoms with van der Waals surface area (Å²) < 4.78 is 0. The number of hydrogen-bond donors (Lipinski definition) is 0. The standard InChI is InChI=1S/C4H2N2.2Na.2H/c5-3-1-2-4-6;;;;/h1-2H;;;;/q;2*+1;2*-1. The molecule has 0 aromatic carbocycles. The van der Waals surface area contributed by atoms with E-state index in [0.29, 0.717) is 0 Å². The Kier molecular flexibility index (Phi) is 31.1. The van der Waals surface area contributed by atoms with Crippen molar-refractivity contribution in [2.24, 2.45) is 0 Å². The summed E-state index contributed by atoms with van der Waals surface area (Å²) in [6.07, 6.45) is 2.25. The van der Waals surface area contributed by atoms with Crippen LogP contribution in [0, 0.1) is 22.7 Å². The van der Waals surface area contributed by atoms with Crippen molar-refractivity contribution in [1.29, 1.82) is 10.5 Å². The van der Waals surface area contributed by atoms with Crippen molar-refractivity contribution in [3.63, 3.8) is 0 Å². The second-order valence-corrected chi connectivity index (χ2v) is 0.592. The molecular formula is C4H4N2Na2. The summed E-state index contributed by atoms with van der Waals surface area (Å²) >= 11 is 0. The van der Waals surface area contributed by atoms with Crippen LogP contribution in [0.4, 0.5) is 0 Å². The molecule has 0 aromatic rings. The molecule has 0 heterocycles. The van der Waals surface area contributed by atoms with Crippen molar-refractivity contribution in [3.8, 4) is 12.1 Å². The third kappa shape index (κ3) is 15.9. The number of nitrogens with zero attached hydrogens (tertiary/aromatic N) is 2. The molecule has 2 nitrogen and oxygen atoms in total. The number of rotatable bonds is 0. The number of allylic oxidation sites excluding steroid dienone is 2. The van der Waals surface area contributed by atoms with Gasteiger partial charge in [-0.15, -0.1) is 0 Å². The van der Waals surface area contributed by atoms with E-state index in [1.807, 2.05) is 0 Å². The molecule has 0 aliphatic rings. The molecule has 0 saturated carbocycles. The van der Waals surface area contributed by atoms with Crippen molar-refractivity contribution in [2.75, 3.05) is 0 Å². The van der Waals surface area contributed by atoms with Gasteiger partial charge in [0.1, 0.15) is 0 Å². The minimum absolute atomic E-state index is 0. The van der Waals surface area contributed by atoms with Crippen LogP contribution in [0.15, 0.2) is 12.2 Å². The summed E-state index contributed by atoms with van der Waals surface area (Å²) in [7, 11) is 0. The Morgan fingerprint density at radius 1 is 1.00 bits per heavy atom. The Bertz CT molecular complexity index is 119. The van der Waals surface area contributed by atoms with Crippen LogP contribution in [0.1, 0.15) is 2.85 Å². The normalized spacial score (nSPS) is 5.25. The monoisotopic (exact) mass is 126 g/mol. The first kappa shape index (κ1) is 15.9. The molecule has 0 bridgehead atoms. The zero-order valence-electron chi connectivity index (χ0n) is 7.05. The summed E-state index contributed by atoms with van der Waals surface area (Å²) in [5.74, 6) is 0. The Morgan fingerprint density at radius 2 is 1.25 bits per heavy atom. The SMILES string of the molecule is N#CC=CC#N.[H-].[H-].[Na+].[Na+]. The van der Waals surface area contributed by atoms with Crippen LogP contribution in [-0.4, -0.2) is 0 Å². The number of nitriles is 2. The summed E-state index contributed by atoms with van der Waals surface area (Å²) in [4.78, 5) is 0. The molecule has 0 spiro atoms. The molecule has 0 N–H and O–H groups in total. The van der Waals surface area contributed by atoms with Crippen LogP contribution in [0.5, 0.6) is 0 Å². The maximum atomic E-state index is 7.71. The summed E-state index contributed by atoms with van der Waals surface area (Å²) in [6, 6.07) is 3.33. The summed E-state index contributed by atoms with van der Waals surface area (Å²) in [5.41, 5.74) is 0. The van der Waals surface area contributed by atoms with Crippen molar-refractivity contribution in [1.82, 2.24) is 0 Å². The maximum absolute atomic E-state index is 7.71. The van der Waals surface area contributed by atoms with Crippen LogP contribution in [-0.2, 0) is 0 Å². The van der Waals surface area contributed by atoms with Crippen LogP contribution in [0.3, 0.4) is 0 Å². The Hall–Kier alpha value is 0.720. The molecule has 0 aliphatic heterocycles. The Balaban J connectivity index is -0.0000000208. The van der Waals surface area contributed by atoms with E-state index in [4.69, 9.17) is 10.5 Å². The van der Waals surface area contributed by atoms with E-state index >= 15 is 0 Å². The van der Waals surface area contributed by atoms with E-state index in [0.717, 1.165) is 12.2 Å². The quantitative estimate of drug-likeness (QED) is 0.240. The van der Waals surface area contributed by atoms with Gasteiger partial charge in [0.25, 0.3) is 0 Å². The molecule has 0 atom stereocenters. The van der Waals surface area contributed by atoms with Gasteiger partial charge in [0, 0.05) is 12.2 Å². The average molecular weight is 126 g/mol. The molecule has 0 radical (unpaired) electrons. The first-order valence-electron chi connectivity index (χ1n) is 1.36.